The molecule has 1 aromatic carbocycles. The average molecular weight is 259 g/mol. The second kappa shape index (κ2) is 6.09. The Balaban J connectivity index is 1.90. The molecule has 1 saturated carbocycles. The molecular formula is C16H25N3. The number of para-hydroxylation sites is 1. The van der Waals surface area contributed by atoms with E-state index in [0.717, 1.165) is 18.2 Å². The van der Waals surface area contributed by atoms with Crippen molar-refractivity contribution in [2.24, 2.45) is 22.1 Å². The summed E-state index contributed by atoms with van der Waals surface area (Å²) < 4.78 is 0. The van der Waals surface area contributed by atoms with Gasteiger partial charge in [-0.05, 0) is 42.7 Å². The predicted octanol–water partition coefficient (Wildman–Crippen LogP) is 3.63. The molecule has 0 aliphatic heterocycles. The van der Waals surface area contributed by atoms with Crippen LogP contribution in [0.25, 0.3) is 0 Å². The van der Waals surface area contributed by atoms with Crippen molar-refractivity contribution in [3.05, 3.63) is 30.3 Å². The van der Waals surface area contributed by atoms with Gasteiger partial charge in [-0.1, -0.05) is 38.5 Å². The molecule has 3 nitrogen and oxygen atoms in total. The van der Waals surface area contributed by atoms with Crippen molar-refractivity contribution in [2.45, 2.75) is 39.5 Å². The van der Waals surface area contributed by atoms with Gasteiger partial charge in [-0.25, -0.2) is 0 Å². The van der Waals surface area contributed by atoms with E-state index in [1.165, 1.54) is 25.7 Å². The van der Waals surface area contributed by atoms with Crippen LogP contribution < -0.4 is 11.1 Å². The highest BCUT2D eigenvalue weighted by atomic mass is 15.1. The van der Waals surface area contributed by atoms with Crippen LogP contribution in [0.15, 0.2) is 35.3 Å². The van der Waals surface area contributed by atoms with Crippen molar-refractivity contribution in [3.63, 3.8) is 0 Å². The lowest BCUT2D eigenvalue weighted by atomic mass is 9.64. The third-order valence-electron chi connectivity index (χ3n) is 3.89. The summed E-state index contributed by atoms with van der Waals surface area (Å²) in [4.78, 5) is 4.55. The Morgan fingerprint density at radius 2 is 2.00 bits per heavy atom. The van der Waals surface area contributed by atoms with Crippen LogP contribution in [-0.4, -0.2) is 12.5 Å². The number of nitrogens with two attached hydrogens (primary N) is 1. The van der Waals surface area contributed by atoms with E-state index in [9.17, 15) is 0 Å². The highest BCUT2D eigenvalue weighted by Crippen LogP contribution is 2.46. The first-order chi connectivity index (χ1) is 9.10. The number of benzene rings is 1. The molecule has 0 heterocycles. The van der Waals surface area contributed by atoms with Gasteiger partial charge in [-0.2, -0.15) is 0 Å². The summed E-state index contributed by atoms with van der Waals surface area (Å²) in [5.74, 6) is 1.26. The molecule has 3 heteroatoms. The largest absolute Gasteiger partial charge is 0.370 e. The molecule has 19 heavy (non-hydrogen) atoms. The minimum atomic E-state index is 0.414. The van der Waals surface area contributed by atoms with E-state index < -0.39 is 0 Å². The van der Waals surface area contributed by atoms with E-state index in [0.29, 0.717) is 11.4 Å². The Morgan fingerprint density at radius 1 is 1.32 bits per heavy atom. The van der Waals surface area contributed by atoms with Gasteiger partial charge in [0, 0.05) is 12.2 Å². The van der Waals surface area contributed by atoms with Crippen LogP contribution in [0.5, 0.6) is 0 Å². The molecule has 2 rings (SSSR count). The third-order valence-corrected chi connectivity index (χ3v) is 3.89. The second-order valence-electron chi connectivity index (χ2n) is 6.14. The maximum atomic E-state index is 5.96. The van der Waals surface area contributed by atoms with Crippen LogP contribution >= 0.6 is 0 Å². The fourth-order valence-electron chi connectivity index (χ4n) is 2.93. The van der Waals surface area contributed by atoms with Gasteiger partial charge in [0.05, 0.1) is 0 Å². The van der Waals surface area contributed by atoms with E-state index in [1.807, 2.05) is 30.3 Å². The second-order valence-corrected chi connectivity index (χ2v) is 6.14. The van der Waals surface area contributed by atoms with Gasteiger partial charge < -0.3 is 11.1 Å². The summed E-state index contributed by atoms with van der Waals surface area (Å²) >= 11 is 0. The number of nitrogens with zero attached hydrogens (tertiary/aromatic N) is 1. The summed E-state index contributed by atoms with van der Waals surface area (Å²) in [7, 11) is 0. The molecular weight excluding hydrogens is 234 g/mol. The van der Waals surface area contributed by atoms with Crippen molar-refractivity contribution in [1.82, 2.24) is 0 Å². The smallest absolute Gasteiger partial charge is 0.193 e. The number of nitrogens with one attached hydrogen (secondary N) is 1. The molecule has 0 unspecified atom stereocenters. The van der Waals surface area contributed by atoms with Crippen LogP contribution in [0, 0.1) is 11.3 Å². The first-order valence-electron chi connectivity index (χ1n) is 7.22. The molecule has 0 spiro atoms. The predicted molar refractivity (Wildman–Crippen MR) is 82.3 cm³/mol. The first kappa shape index (κ1) is 13.9. The summed E-state index contributed by atoms with van der Waals surface area (Å²) in [6.07, 6.45) is 5.20. The van der Waals surface area contributed by atoms with Crippen LogP contribution in [0.1, 0.15) is 39.5 Å². The minimum Gasteiger partial charge on any atom is -0.370 e. The van der Waals surface area contributed by atoms with Crippen molar-refractivity contribution >= 4 is 11.6 Å². The number of hydrogen-bond donors (Lipinski definition) is 2. The van der Waals surface area contributed by atoms with E-state index in [2.05, 4.69) is 24.2 Å². The van der Waals surface area contributed by atoms with Gasteiger partial charge in [0.2, 0.25) is 0 Å². The molecule has 1 fully saturated rings. The van der Waals surface area contributed by atoms with Gasteiger partial charge in [0.1, 0.15) is 0 Å². The Morgan fingerprint density at radius 3 is 2.53 bits per heavy atom. The van der Waals surface area contributed by atoms with Crippen LogP contribution in [0.3, 0.4) is 0 Å². The highest BCUT2D eigenvalue weighted by Gasteiger charge is 2.37. The number of aliphatic imine (C=N–C) groups is 1. The Kier molecular flexibility index (Phi) is 4.46. The maximum Gasteiger partial charge on any atom is 0.193 e. The number of rotatable bonds is 5. The van der Waals surface area contributed by atoms with Crippen molar-refractivity contribution in [3.8, 4) is 0 Å². The molecule has 0 saturated heterocycles. The summed E-state index contributed by atoms with van der Waals surface area (Å²) in [6, 6.07) is 9.96. The molecule has 0 bridgehead atoms. The van der Waals surface area contributed by atoms with E-state index >= 15 is 0 Å². The summed E-state index contributed by atoms with van der Waals surface area (Å²) in [6.45, 7) is 5.43. The van der Waals surface area contributed by atoms with Crippen molar-refractivity contribution in [2.75, 3.05) is 11.9 Å². The van der Waals surface area contributed by atoms with Gasteiger partial charge >= 0.3 is 0 Å². The molecule has 3 N–H and O–H groups in total. The number of anilines is 1. The van der Waals surface area contributed by atoms with Crippen molar-refractivity contribution in [1.29, 1.82) is 0 Å². The number of hydrogen-bond acceptors (Lipinski definition) is 1. The fourth-order valence-corrected chi connectivity index (χ4v) is 2.93. The zero-order valence-corrected chi connectivity index (χ0v) is 12.0. The molecule has 0 aromatic heterocycles. The topological polar surface area (TPSA) is 50.4 Å². The Hall–Kier alpha value is -1.51. The van der Waals surface area contributed by atoms with Gasteiger partial charge in [0.15, 0.2) is 5.96 Å². The fraction of sp³-hybridized carbons (Fsp3) is 0.562. The lowest BCUT2D eigenvalue weighted by molar-refractivity contribution is 0.112. The zero-order valence-electron chi connectivity index (χ0n) is 12.0. The van der Waals surface area contributed by atoms with E-state index in [4.69, 9.17) is 5.73 Å². The van der Waals surface area contributed by atoms with Gasteiger partial charge in [0.25, 0.3) is 0 Å². The highest BCUT2D eigenvalue weighted by molar-refractivity contribution is 5.92. The lowest BCUT2D eigenvalue weighted by Crippen LogP contribution is -2.35. The van der Waals surface area contributed by atoms with Crippen molar-refractivity contribution < 1.29 is 0 Å². The minimum absolute atomic E-state index is 0.414. The standard InChI is InChI=1S/C16H25N3/c1-13(2)11-16(9-6-10-16)12-18-15(17)19-14-7-4-3-5-8-14/h3-5,7-8,13H,6,9-12H2,1-2H3,(H3,17,18,19). The van der Waals surface area contributed by atoms with Gasteiger partial charge in [-0.3, -0.25) is 4.99 Å². The molecule has 104 valence electrons. The third kappa shape index (κ3) is 3.98. The molecule has 0 amide bonds. The average Bonchev–Trinajstić information content (AvgIpc) is 2.33. The normalized spacial score (nSPS) is 18.2. The van der Waals surface area contributed by atoms with E-state index in [-0.39, 0.29) is 0 Å². The Labute approximate surface area is 116 Å². The maximum absolute atomic E-state index is 5.96. The van der Waals surface area contributed by atoms with Gasteiger partial charge in [-0.15, -0.1) is 0 Å². The number of guanidine groups is 1. The molecule has 0 atom stereocenters. The molecule has 0 radical (unpaired) electrons. The lowest BCUT2D eigenvalue weighted by Gasteiger charge is -2.42. The SMILES string of the molecule is CC(C)CC1(CN=C(N)Nc2ccccc2)CCC1. The van der Waals surface area contributed by atoms with Crippen LogP contribution in [0.4, 0.5) is 5.69 Å². The summed E-state index contributed by atoms with van der Waals surface area (Å²) in [5.41, 5.74) is 7.37. The molecule has 1 aromatic rings. The van der Waals surface area contributed by atoms with E-state index in [1.54, 1.807) is 0 Å². The van der Waals surface area contributed by atoms with Crippen LogP contribution in [0.2, 0.25) is 0 Å². The molecule has 1 aliphatic rings. The first-order valence-corrected chi connectivity index (χ1v) is 7.22. The quantitative estimate of drug-likeness (QED) is 0.626. The molecule has 1 aliphatic carbocycles. The monoisotopic (exact) mass is 259 g/mol. The Bertz CT molecular complexity index is 419. The zero-order chi connectivity index (χ0) is 13.7. The summed E-state index contributed by atoms with van der Waals surface area (Å²) in [5, 5.41) is 3.14. The van der Waals surface area contributed by atoms with Crippen LogP contribution in [-0.2, 0) is 0 Å².